The first-order valence-corrected chi connectivity index (χ1v) is 13.0. The number of benzene rings is 3. The second-order valence-corrected chi connectivity index (χ2v) is 9.84. The molecular formula is C30H34F2N4O2. The number of hydrogen-bond acceptors (Lipinski definition) is 4. The molecule has 8 heteroatoms. The fourth-order valence-corrected chi connectivity index (χ4v) is 5.17. The highest BCUT2D eigenvalue weighted by Gasteiger charge is 2.35. The Labute approximate surface area is 222 Å². The van der Waals surface area contributed by atoms with Crippen LogP contribution in [0.3, 0.4) is 0 Å². The van der Waals surface area contributed by atoms with Crippen molar-refractivity contribution in [2.45, 2.75) is 38.3 Å². The topological polar surface area (TPSA) is 73.5 Å². The molecule has 0 bridgehead atoms. The second kappa shape index (κ2) is 13.1. The lowest BCUT2D eigenvalue weighted by molar-refractivity contribution is -0.105. The summed E-state index contributed by atoms with van der Waals surface area (Å²) in [5.74, 6) is -0.542. The van der Waals surface area contributed by atoms with Crippen LogP contribution >= 0.6 is 0 Å². The quantitative estimate of drug-likeness (QED) is 0.393. The Kier molecular flexibility index (Phi) is 9.43. The maximum Gasteiger partial charge on any atom is 0.254 e. The van der Waals surface area contributed by atoms with Crippen molar-refractivity contribution in [1.82, 2.24) is 10.6 Å². The Morgan fingerprint density at radius 1 is 1.08 bits per heavy atom. The molecule has 200 valence electrons. The van der Waals surface area contributed by atoms with Crippen LogP contribution in [0.1, 0.15) is 35.7 Å². The van der Waals surface area contributed by atoms with E-state index in [1.807, 2.05) is 37.3 Å². The van der Waals surface area contributed by atoms with Gasteiger partial charge in [0, 0.05) is 25.2 Å². The third-order valence-corrected chi connectivity index (χ3v) is 6.99. The summed E-state index contributed by atoms with van der Waals surface area (Å²) in [5, 5.41) is 8.94. The monoisotopic (exact) mass is 520 g/mol. The summed E-state index contributed by atoms with van der Waals surface area (Å²) in [4.78, 5) is 24.8. The molecule has 3 N–H and O–H groups in total. The minimum atomic E-state index is -0.494. The first kappa shape index (κ1) is 27.3. The summed E-state index contributed by atoms with van der Waals surface area (Å²) in [5.41, 5.74) is 2.68. The number of carbonyl (C=O) groups is 2. The van der Waals surface area contributed by atoms with Gasteiger partial charge < -0.3 is 20.9 Å². The lowest BCUT2D eigenvalue weighted by Crippen LogP contribution is -2.40. The highest BCUT2D eigenvalue weighted by Crippen LogP contribution is 2.33. The summed E-state index contributed by atoms with van der Waals surface area (Å²) in [7, 11) is 0. The molecule has 2 amide bonds. The van der Waals surface area contributed by atoms with Crippen molar-refractivity contribution in [2.24, 2.45) is 5.92 Å². The van der Waals surface area contributed by atoms with Gasteiger partial charge in [-0.1, -0.05) is 42.5 Å². The molecule has 38 heavy (non-hydrogen) atoms. The van der Waals surface area contributed by atoms with E-state index in [9.17, 15) is 18.4 Å². The fourth-order valence-electron chi connectivity index (χ4n) is 5.17. The van der Waals surface area contributed by atoms with Gasteiger partial charge in [0.1, 0.15) is 11.6 Å². The van der Waals surface area contributed by atoms with Crippen LogP contribution in [0.4, 0.5) is 20.2 Å². The maximum absolute atomic E-state index is 13.5. The highest BCUT2D eigenvalue weighted by molar-refractivity contribution is 5.94. The molecule has 3 aromatic carbocycles. The van der Waals surface area contributed by atoms with Crippen LogP contribution in [0.15, 0.2) is 72.8 Å². The number of rotatable bonds is 7. The third kappa shape index (κ3) is 7.16. The molecule has 5 rings (SSSR count). The number of fused-ring (bicyclic) bond motifs is 1. The van der Waals surface area contributed by atoms with Gasteiger partial charge in [0.25, 0.3) is 5.91 Å². The van der Waals surface area contributed by atoms with Crippen LogP contribution < -0.4 is 20.9 Å². The van der Waals surface area contributed by atoms with Crippen LogP contribution in [0.5, 0.6) is 0 Å². The van der Waals surface area contributed by atoms with E-state index in [-0.39, 0.29) is 23.3 Å². The fraction of sp³-hybridized carbons (Fsp3) is 0.333. The number of nitrogens with zero attached hydrogens (tertiary/aromatic N) is 1. The van der Waals surface area contributed by atoms with Crippen molar-refractivity contribution in [1.29, 1.82) is 0 Å². The number of amides is 2. The Hall–Kier alpha value is -3.78. The van der Waals surface area contributed by atoms with Gasteiger partial charge in [-0.3, -0.25) is 9.59 Å². The lowest BCUT2D eigenvalue weighted by Gasteiger charge is -2.24. The van der Waals surface area contributed by atoms with Crippen LogP contribution in [0, 0.1) is 17.6 Å². The van der Waals surface area contributed by atoms with Gasteiger partial charge >= 0.3 is 0 Å². The molecule has 3 aromatic rings. The Bertz CT molecular complexity index is 1210. The summed E-state index contributed by atoms with van der Waals surface area (Å²) in [6.07, 6.45) is 3.78. The third-order valence-electron chi connectivity index (χ3n) is 6.99. The van der Waals surface area contributed by atoms with E-state index in [0.29, 0.717) is 24.1 Å². The summed E-state index contributed by atoms with van der Waals surface area (Å²) < 4.78 is 26.7. The molecule has 3 unspecified atom stereocenters. The predicted octanol–water partition coefficient (Wildman–Crippen LogP) is 4.77. The largest absolute Gasteiger partial charge is 0.368 e. The SMILES string of the molecule is CC(Cc1ccccc1)NC(=O)c1ccccc1F.O=CNc1cc(F)ccc1N1CC2CCCNC2C1. The molecule has 0 aliphatic carbocycles. The number of carbonyl (C=O) groups excluding carboxylic acids is 2. The first-order chi connectivity index (χ1) is 18.4. The highest BCUT2D eigenvalue weighted by atomic mass is 19.1. The zero-order valence-corrected chi connectivity index (χ0v) is 21.5. The van der Waals surface area contributed by atoms with E-state index in [1.165, 1.54) is 37.1 Å². The zero-order valence-electron chi connectivity index (χ0n) is 21.5. The van der Waals surface area contributed by atoms with Gasteiger partial charge in [0.15, 0.2) is 0 Å². The number of anilines is 2. The van der Waals surface area contributed by atoms with E-state index in [1.54, 1.807) is 18.2 Å². The standard InChI is InChI=1S/C16H16FNO.C14H18FN3O/c1-12(11-13-7-3-2-4-8-13)18-16(19)14-9-5-6-10-15(14)17;15-11-3-4-14(12(6-11)17-9-19)18-7-10-2-1-5-16-13(10)8-18/h2-10,12H,11H2,1H3,(H,18,19);3-4,6,9-10,13,16H,1-2,5,7-8H2,(H,17,19). The summed E-state index contributed by atoms with van der Waals surface area (Å²) in [6.45, 7) is 4.88. The van der Waals surface area contributed by atoms with E-state index in [2.05, 4.69) is 20.9 Å². The molecule has 0 spiro atoms. The predicted molar refractivity (Wildman–Crippen MR) is 146 cm³/mol. The second-order valence-electron chi connectivity index (χ2n) is 9.84. The van der Waals surface area contributed by atoms with Crippen LogP contribution in [0.2, 0.25) is 0 Å². The minimum Gasteiger partial charge on any atom is -0.368 e. The number of nitrogens with one attached hydrogen (secondary N) is 3. The minimum absolute atomic E-state index is 0.0468. The number of halogens is 2. The molecule has 2 fully saturated rings. The first-order valence-electron chi connectivity index (χ1n) is 13.0. The Morgan fingerprint density at radius 3 is 2.58 bits per heavy atom. The summed E-state index contributed by atoms with van der Waals surface area (Å²) >= 11 is 0. The normalized spacial score (nSPS) is 19.0. The smallest absolute Gasteiger partial charge is 0.254 e. The van der Waals surface area contributed by atoms with E-state index in [4.69, 9.17) is 0 Å². The number of hydrogen-bond donors (Lipinski definition) is 3. The van der Waals surface area contributed by atoms with Gasteiger partial charge in [-0.05, 0) is 74.5 Å². The van der Waals surface area contributed by atoms with Crippen molar-refractivity contribution in [2.75, 3.05) is 29.9 Å². The molecule has 0 radical (unpaired) electrons. The number of piperidine rings is 1. The molecule has 0 aromatic heterocycles. The molecular weight excluding hydrogens is 486 g/mol. The van der Waals surface area contributed by atoms with Crippen molar-refractivity contribution in [3.05, 3.63) is 95.6 Å². The summed E-state index contributed by atoms with van der Waals surface area (Å²) in [6, 6.07) is 20.9. The average molecular weight is 521 g/mol. The Morgan fingerprint density at radius 2 is 1.84 bits per heavy atom. The average Bonchev–Trinajstić information content (AvgIpc) is 3.34. The molecule has 2 aliphatic rings. The molecule has 3 atom stereocenters. The van der Waals surface area contributed by atoms with Crippen molar-refractivity contribution in [3.63, 3.8) is 0 Å². The van der Waals surface area contributed by atoms with Crippen LogP contribution in [-0.2, 0) is 11.2 Å². The van der Waals surface area contributed by atoms with Gasteiger partial charge in [-0.2, -0.15) is 0 Å². The molecule has 0 saturated carbocycles. The van der Waals surface area contributed by atoms with Gasteiger partial charge in [-0.15, -0.1) is 0 Å². The Balaban J connectivity index is 0.000000177. The van der Waals surface area contributed by atoms with Gasteiger partial charge in [-0.25, -0.2) is 8.78 Å². The van der Waals surface area contributed by atoms with E-state index >= 15 is 0 Å². The van der Waals surface area contributed by atoms with Crippen LogP contribution in [-0.4, -0.2) is 44.0 Å². The molecule has 6 nitrogen and oxygen atoms in total. The van der Waals surface area contributed by atoms with E-state index in [0.717, 1.165) is 37.3 Å². The van der Waals surface area contributed by atoms with Crippen molar-refractivity contribution >= 4 is 23.7 Å². The van der Waals surface area contributed by atoms with Gasteiger partial charge in [0.05, 0.1) is 16.9 Å². The van der Waals surface area contributed by atoms with Gasteiger partial charge in [0.2, 0.25) is 6.41 Å². The lowest BCUT2D eigenvalue weighted by atomic mass is 9.94. The zero-order chi connectivity index (χ0) is 26.9. The van der Waals surface area contributed by atoms with Crippen molar-refractivity contribution in [3.8, 4) is 0 Å². The van der Waals surface area contributed by atoms with E-state index < -0.39 is 5.82 Å². The maximum atomic E-state index is 13.5. The molecule has 2 saturated heterocycles. The van der Waals surface area contributed by atoms with Crippen molar-refractivity contribution < 1.29 is 18.4 Å². The molecule has 2 aliphatic heterocycles. The van der Waals surface area contributed by atoms with Crippen LogP contribution in [0.25, 0.3) is 0 Å². The molecule has 2 heterocycles.